The molecule has 1 aromatic heterocycles. The lowest BCUT2D eigenvalue weighted by Gasteiger charge is -2.13. The van der Waals surface area contributed by atoms with Crippen LogP contribution in [0.3, 0.4) is 0 Å². The summed E-state index contributed by atoms with van der Waals surface area (Å²) < 4.78 is 12.2. The summed E-state index contributed by atoms with van der Waals surface area (Å²) >= 11 is 0. The van der Waals surface area contributed by atoms with Crippen molar-refractivity contribution in [1.82, 2.24) is 14.9 Å². The molecule has 7 nitrogen and oxygen atoms in total. The molecule has 0 bridgehead atoms. The number of halogens is 1. The second kappa shape index (κ2) is 11.1. The molecule has 35 heavy (non-hydrogen) atoms. The minimum absolute atomic E-state index is 0. The molecule has 4 aromatic rings. The Morgan fingerprint density at radius 3 is 2.43 bits per heavy atom. The third-order valence-electron chi connectivity index (χ3n) is 5.80. The predicted octanol–water partition coefficient (Wildman–Crippen LogP) is 4.41. The molecule has 1 heterocycles. The summed E-state index contributed by atoms with van der Waals surface area (Å²) in [6.07, 6.45) is 0.637. The Kier molecular flexibility index (Phi) is 8.14. The van der Waals surface area contributed by atoms with Gasteiger partial charge in [-0.2, -0.15) is 0 Å². The number of amides is 1. The van der Waals surface area contributed by atoms with Crippen LogP contribution in [0.2, 0.25) is 0 Å². The normalized spacial score (nSPS) is 10.5. The van der Waals surface area contributed by atoms with E-state index in [0.29, 0.717) is 46.8 Å². The number of ether oxygens (including phenoxy) is 2. The summed E-state index contributed by atoms with van der Waals surface area (Å²) in [7, 11) is 3.18. The zero-order valence-corrected chi connectivity index (χ0v) is 20.9. The average molecular weight is 494 g/mol. The Morgan fingerprint density at radius 2 is 1.71 bits per heavy atom. The van der Waals surface area contributed by atoms with Crippen molar-refractivity contribution in [1.29, 1.82) is 0 Å². The highest BCUT2D eigenvalue weighted by molar-refractivity contribution is 5.97. The van der Waals surface area contributed by atoms with Gasteiger partial charge in [-0.25, -0.2) is 4.98 Å². The van der Waals surface area contributed by atoms with E-state index in [1.54, 1.807) is 43.9 Å². The minimum Gasteiger partial charge on any atom is -0.493 e. The van der Waals surface area contributed by atoms with E-state index < -0.39 is 0 Å². The van der Waals surface area contributed by atoms with Crippen LogP contribution in [0.4, 0.5) is 0 Å². The number of hydrogen-bond acceptors (Lipinski definition) is 5. The van der Waals surface area contributed by atoms with E-state index >= 15 is 0 Å². The summed E-state index contributed by atoms with van der Waals surface area (Å²) in [5.41, 5.74) is 3.61. The number of carbonyl (C=O) groups excluding carboxylic acids is 1. The Bertz CT molecular complexity index is 1430. The lowest BCUT2D eigenvalue weighted by atomic mass is 10.1. The van der Waals surface area contributed by atoms with Crippen molar-refractivity contribution in [2.45, 2.75) is 20.3 Å². The van der Waals surface area contributed by atoms with Gasteiger partial charge in [0.1, 0.15) is 5.82 Å². The third-order valence-corrected chi connectivity index (χ3v) is 5.80. The lowest BCUT2D eigenvalue weighted by Crippen LogP contribution is -2.26. The molecule has 0 unspecified atom stereocenters. The molecule has 0 aliphatic heterocycles. The Balaban J connectivity index is 0.00000342. The molecule has 0 saturated carbocycles. The highest BCUT2D eigenvalue weighted by Gasteiger charge is 2.14. The summed E-state index contributed by atoms with van der Waals surface area (Å²) in [4.78, 5) is 30.6. The fraction of sp³-hybridized carbons (Fsp3) is 0.222. The standard InChI is InChI=1S/C27H27N3O4.ClH/c1-17-7-5-6-8-23(17)30-18(2)29-22-16-20(10-11-21(22)27(30)32)26(31)28-14-13-19-9-12-24(33-3)25(15-19)34-4;/h5-12,15-16H,13-14H2,1-4H3,(H,28,31);1H. The number of rotatable bonds is 7. The maximum Gasteiger partial charge on any atom is 0.265 e. The molecule has 3 aromatic carbocycles. The quantitative estimate of drug-likeness (QED) is 0.412. The van der Waals surface area contributed by atoms with Crippen LogP contribution in [0, 0.1) is 13.8 Å². The summed E-state index contributed by atoms with van der Waals surface area (Å²) in [5, 5.41) is 3.40. The van der Waals surface area contributed by atoms with E-state index in [2.05, 4.69) is 10.3 Å². The van der Waals surface area contributed by atoms with E-state index in [-0.39, 0.29) is 23.9 Å². The molecule has 0 radical (unpaired) electrons. The Hall–Kier alpha value is -3.84. The zero-order chi connectivity index (χ0) is 24.2. The number of fused-ring (bicyclic) bond motifs is 1. The SMILES string of the molecule is COc1ccc(CCNC(=O)c2ccc3c(=O)n(-c4ccccc4C)c(C)nc3c2)cc1OC.Cl. The lowest BCUT2D eigenvalue weighted by molar-refractivity contribution is 0.0954. The number of methoxy groups -OCH3 is 2. The van der Waals surface area contributed by atoms with Crippen LogP contribution >= 0.6 is 12.4 Å². The fourth-order valence-corrected chi connectivity index (χ4v) is 3.99. The van der Waals surface area contributed by atoms with Crippen LogP contribution in [0.15, 0.2) is 65.5 Å². The number of carbonyl (C=O) groups is 1. The molecule has 0 aliphatic rings. The van der Waals surface area contributed by atoms with Gasteiger partial charge in [0.25, 0.3) is 11.5 Å². The van der Waals surface area contributed by atoms with Crippen LogP contribution < -0.4 is 20.3 Å². The van der Waals surface area contributed by atoms with Gasteiger partial charge in [0.05, 0.1) is 30.8 Å². The molecule has 0 fully saturated rings. The smallest absolute Gasteiger partial charge is 0.265 e. The monoisotopic (exact) mass is 493 g/mol. The highest BCUT2D eigenvalue weighted by atomic mass is 35.5. The molecule has 4 rings (SSSR count). The van der Waals surface area contributed by atoms with Gasteiger partial charge in [-0.3, -0.25) is 14.2 Å². The van der Waals surface area contributed by atoms with Crippen LogP contribution in [0.25, 0.3) is 16.6 Å². The summed E-state index contributed by atoms with van der Waals surface area (Å²) in [6, 6.07) is 18.4. The van der Waals surface area contributed by atoms with Gasteiger partial charge in [-0.05, 0) is 67.8 Å². The first-order valence-electron chi connectivity index (χ1n) is 11.0. The molecule has 1 amide bonds. The first kappa shape index (κ1) is 25.8. The number of aryl methyl sites for hydroxylation is 2. The highest BCUT2D eigenvalue weighted by Crippen LogP contribution is 2.27. The molecule has 1 N–H and O–H groups in total. The van der Waals surface area contributed by atoms with Crippen LogP contribution in [0.5, 0.6) is 11.5 Å². The molecular formula is C27H28ClN3O4. The second-order valence-electron chi connectivity index (χ2n) is 8.01. The number of benzene rings is 3. The van der Waals surface area contributed by atoms with Gasteiger partial charge >= 0.3 is 0 Å². The van der Waals surface area contributed by atoms with Crippen molar-refractivity contribution in [3.63, 3.8) is 0 Å². The molecular weight excluding hydrogens is 466 g/mol. The first-order valence-corrected chi connectivity index (χ1v) is 11.0. The second-order valence-corrected chi connectivity index (χ2v) is 8.01. The van der Waals surface area contributed by atoms with E-state index in [4.69, 9.17) is 9.47 Å². The minimum atomic E-state index is -0.218. The predicted molar refractivity (Wildman–Crippen MR) is 140 cm³/mol. The largest absolute Gasteiger partial charge is 0.493 e. The van der Waals surface area contributed by atoms with Gasteiger partial charge in [0.2, 0.25) is 0 Å². The Morgan fingerprint density at radius 1 is 0.971 bits per heavy atom. The third kappa shape index (κ3) is 5.30. The number of hydrogen-bond donors (Lipinski definition) is 1. The van der Waals surface area contributed by atoms with Crippen LogP contribution in [-0.2, 0) is 6.42 Å². The van der Waals surface area contributed by atoms with E-state index in [1.165, 1.54) is 0 Å². The van der Waals surface area contributed by atoms with Crippen LogP contribution in [0.1, 0.15) is 27.3 Å². The van der Waals surface area contributed by atoms with Gasteiger partial charge in [-0.15, -0.1) is 12.4 Å². The number of para-hydroxylation sites is 1. The molecule has 0 atom stereocenters. The molecule has 0 aliphatic carbocycles. The van der Waals surface area contributed by atoms with Crippen molar-refractivity contribution in [3.05, 3.63) is 93.5 Å². The van der Waals surface area contributed by atoms with E-state index in [0.717, 1.165) is 16.8 Å². The molecule has 0 saturated heterocycles. The number of nitrogens with one attached hydrogen (secondary N) is 1. The maximum absolute atomic E-state index is 13.2. The molecule has 182 valence electrons. The van der Waals surface area contributed by atoms with Crippen molar-refractivity contribution in [2.75, 3.05) is 20.8 Å². The van der Waals surface area contributed by atoms with Gasteiger partial charge in [0.15, 0.2) is 11.5 Å². The maximum atomic E-state index is 13.2. The van der Waals surface area contributed by atoms with Crippen LogP contribution in [-0.4, -0.2) is 36.2 Å². The first-order chi connectivity index (χ1) is 16.4. The average Bonchev–Trinajstić information content (AvgIpc) is 2.84. The number of nitrogens with zero attached hydrogens (tertiary/aromatic N) is 2. The topological polar surface area (TPSA) is 82.5 Å². The molecule has 8 heteroatoms. The van der Waals surface area contributed by atoms with Crippen molar-refractivity contribution >= 4 is 29.2 Å². The summed E-state index contributed by atoms with van der Waals surface area (Å²) in [5.74, 6) is 1.66. The van der Waals surface area contributed by atoms with Gasteiger partial charge < -0.3 is 14.8 Å². The fourth-order valence-electron chi connectivity index (χ4n) is 3.99. The number of aromatic nitrogens is 2. The van der Waals surface area contributed by atoms with Crippen molar-refractivity contribution in [2.24, 2.45) is 0 Å². The van der Waals surface area contributed by atoms with Gasteiger partial charge in [0, 0.05) is 12.1 Å². The van der Waals surface area contributed by atoms with Crippen molar-refractivity contribution < 1.29 is 14.3 Å². The van der Waals surface area contributed by atoms with E-state index in [9.17, 15) is 9.59 Å². The Labute approximate surface area is 210 Å². The zero-order valence-electron chi connectivity index (χ0n) is 20.1. The van der Waals surface area contributed by atoms with E-state index in [1.807, 2.05) is 49.4 Å². The molecule has 0 spiro atoms. The summed E-state index contributed by atoms with van der Waals surface area (Å²) in [6.45, 7) is 4.21. The van der Waals surface area contributed by atoms with Crippen molar-refractivity contribution in [3.8, 4) is 17.2 Å². The van der Waals surface area contributed by atoms with Gasteiger partial charge in [-0.1, -0.05) is 24.3 Å².